The smallest absolute Gasteiger partial charge is 0.306 e. The number of hydrogen-bond donors (Lipinski definition) is 2. The molecule has 5 heteroatoms. The predicted molar refractivity (Wildman–Crippen MR) is 150 cm³/mol. The normalized spacial score (nSPS) is 40.7. The first-order chi connectivity index (χ1) is 17.5. The molecular formula is C33H52O5. The molecule has 2 saturated carbocycles. The molecule has 0 aromatic carbocycles. The molecule has 214 valence electrons. The molecular weight excluding hydrogens is 476 g/mol. The van der Waals surface area contributed by atoms with Crippen LogP contribution in [0.3, 0.4) is 0 Å². The van der Waals surface area contributed by atoms with E-state index in [1.54, 1.807) is 5.57 Å². The lowest BCUT2D eigenvalue weighted by Crippen LogP contribution is -2.56. The highest BCUT2D eigenvalue weighted by Gasteiger charge is 2.66. The van der Waals surface area contributed by atoms with Gasteiger partial charge in [-0.25, -0.2) is 0 Å². The van der Waals surface area contributed by atoms with Crippen LogP contribution in [0.4, 0.5) is 0 Å². The van der Waals surface area contributed by atoms with Crippen LogP contribution in [0.25, 0.3) is 0 Å². The molecule has 0 saturated heterocycles. The van der Waals surface area contributed by atoms with Crippen molar-refractivity contribution < 1.29 is 24.5 Å². The zero-order chi connectivity index (χ0) is 28.4. The van der Waals surface area contributed by atoms with Crippen molar-refractivity contribution in [1.82, 2.24) is 0 Å². The van der Waals surface area contributed by atoms with Crippen LogP contribution in [-0.2, 0) is 14.3 Å². The van der Waals surface area contributed by atoms with Gasteiger partial charge in [-0.3, -0.25) is 9.59 Å². The first-order valence-corrected chi connectivity index (χ1v) is 15.0. The van der Waals surface area contributed by atoms with Crippen molar-refractivity contribution in [2.75, 3.05) is 0 Å². The third-order valence-electron chi connectivity index (χ3n) is 12.4. The first-order valence-electron chi connectivity index (χ1n) is 15.0. The van der Waals surface area contributed by atoms with E-state index in [1.807, 2.05) is 0 Å². The Morgan fingerprint density at radius 3 is 2.29 bits per heavy atom. The summed E-state index contributed by atoms with van der Waals surface area (Å²) in [5, 5.41) is 22.0. The number of aliphatic hydroxyl groups is 1. The van der Waals surface area contributed by atoms with Gasteiger partial charge in [0.2, 0.25) is 0 Å². The van der Waals surface area contributed by atoms with Gasteiger partial charge in [-0.1, -0.05) is 71.8 Å². The zero-order valence-corrected chi connectivity index (χ0v) is 25.2. The number of aliphatic hydroxyl groups excluding tert-OH is 1. The van der Waals surface area contributed by atoms with Crippen molar-refractivity contribution in [3.8, 4) is 0 Å². The van der Waals surface area contributed by atoms with Gasteiger partial charge in [-0.05, 0) is 85.9 Å². The molecule has 0 radical (unpaired) electrons. The van der Waals surface area contributed by atoms with Gasteiger partial charge in [0.05, 0.1) is 12.0 Å². The monoisotopic (exact) mass is 528 g/mol. The Hall–Kier alpha value is -1.62. The van der Waals surface area contributed by atoms with Gasteiger partial charge in [0.25, 0.3) is 0 Å². The molecule has 5 nitrogen and oxygen atoms in total. The molecule has 0 spiro atoms. The molecule has 38 heavy (non-hydrogen) atoms. The Balaban J connectivity index is 1.69. The fourth-order valence-corrected chi connectivity index (χ4v) is 9.98. The van der Waals surface area contributed by atoms with E-state index in [0.717, 1.165) is 44.1 Å². The van der Waals surface area contributed by atoms with E-state index in [0.29, 0.717) is 31.1 Å². The Morgan fingerprint density at radius 1 is 1.05 bits per heavy atom. The number of carboxylic acid groups (broad SMARTS) is 1. The van der Waals surface area contributed by atoms with Crippen LogP contribution < -0.4 is 0 Å². The summed E-state index contributed by atoms with van der Waals surface area (Å²) in [4.78, 5) is 24.5. The first kappa shape index (κ1) is 29.4. The van der Waals surface area contributed by atoms with Crippen molar-refractivity contribution in [2.24, 2.45) is 45.3 Å². The summed E-state index contributed by atoms with van der Waals surface area (Å²) in [6.45, 7) is 21.5. The highest BCUT2D eigenvalue weighted by atomic mass is 16.5. The van der Waals surface area contributed by atoms with E-state index in [4.69, 9.17) is 4.74 Å². The fraction of sp³-hybridized carbons (Fsp3) is 0.818. The summed E-state index contributed by atoms with van der Waals surface area (Å²) in [7, 11) is 0. The van der Waals surface area contributed by atoms with E-state index >= 15 is 0 Å². The maximum Gasteiger partial charge on any atom is 0.306 e. The molecule has 0 bridgehead atoms. The lowest BCUT2D eigenvalue weighted by atomic mass is 9.43. The Morgan fingerprint density at radius 2 is 1.71 bits per heavy atom. The zero-order valence-electron chi connectivity index (χ0n) is 25.2. The van der Waals surface area contributed by atoms with E-state index < -0.39 is 18.0 Å². The number of hydrogen-bond acceptors (Lipinski definition) is 4. The number of carboxylic acids is 1. The van der Waals surface area contributed by atoms with Crippen molar-refractivity contribution >= 4 is 11.9 Å². The second kappa shape index (κ2) is 9.78. The van der Waals surface area contributed by atoms with E-state index in [1.165, 1.54) is 12.5 Å². The minimum absolute atomic E-state index is 0.0440. The van der Waals surface area contributed by atoms with Crippen molar-refractivity contribution in [2.45, 2.75) is 125 Å². The van der Waals surface area contributed by atoms with Crippen LogP contribution in [0.1, 0.15) is 113 Å². The lowest BCUT2D eigenvalue weighted by Gasteiger charge is -2.62. The molecule has 4 aliphatic rings. The third kappa shape index (κ3) is 4.30. The number of rotatable bonds is 7. The number of aliphatic carboxylic acids is 1. The number of fused-ring (bicyclic) bond motifs is 4. The minimum Gasteiger partial charge on any atom is -0.481 e. The summed E-state index contributed by atoms with van der Waals surface area (Å²) in [5.41, 5.74) is 3.62. The number of ether oxygens (including phenoxy) is 1. The van der Waals surface area contributed by atoms with E-state index in [2.05, 4.69) is 55.0 Å². The average Bonchev–Trinajstić information content (AvgIpc) is 3.01. The van der Waals surface area contributed by atoms with Crippen LogP contribution in [0, 0.1) is 45.3 Å². The molecule has 4 rings (SSSR count). The molecule has 0 aromatic rings. The molecule has 8 atom stereocenters. The topological polar surface area (TPSA) is 83.8 Å². The predicted octanol–water partition coefficient (Wildman–Crippen LogP) is 7.33. The van der Waals surface area contributed by atoms with Gasteiger partial charge < -0.3 is 14.9 Å². The van der Waals surface area contributed by atoms with Crippen LogP contribution in [0.15, 0.2) is 23.3 Å². The number of esters is 1. The Bertz CT molecular complexity index is 1020. The van der Waals surface area contributed by atoms with Crippen LogP contribution in [0.2, 0.25) is 0 Å². The van der Waals surface area contributed by atoms with Gasteiger partial charge >= 0.3 is 11.9 Å². The summed E-state index contributed by atoms with van der Waals surface area (Å²) in [6.07, 6.45) is 6.98. The number of carbonyl (C=O) groups excluding carboxylic acids is 1. The summed E-state index contributed by atoms with van der Waals surface area (Å²) >= 11 is 0. The molecule has 0 aromatic heterocycles. The highest BCUT2D eigenvalue weighted by Crippen LogP contribution is 2.72. The Kier molecular flexibility index (Phi) is 7.56. The second-order valence-electron chi connectivity index (χ2n) is 14.8. The van der Waals surface area contributed by atoms with Gasteiger partial charge in [-0.15, -0.1) is 0 Å². The molecule has 2 fully saturated rings. The molecule has 0 aliphatic heterocycles. The fourth-order valence-electron chi connectivity index (χ4n) is 9.98. The average molecular weight is 529 g/mol. The lowest BCUT2D eigenvalue weighted by molar-refractivity contribution is -0.167. The van der Waals surface area contributed by atoms with Crippen LogP contribution in [-0.4, -0.2) is 34.4 Å². The van der Waals surface area contributed by atoms with Gasteiger partial charge in [0, 0.05) is 18.3 Å². The molecule has 4 aliphatic carbocycles. The Labute approximate surface area is 230 Å². The molecule has 2 N–H and O–H groups in total. The quantitative estimate of drug-likeness (QED) is 0.267. The SMILES string of the molecule is C=C(CC[C@H](C(=O)O)[C@@H]1[C@H](O)C[C@]2(C)C3=C(CC[C@]12C)[C@]1(C)CC[C@@H](OC(C)=O)C(C)(C)[C@H]1CC3)C(C)C. The van der Waals surface area contributed by atoms with Crippen molar-refractivity contribution in [3.05, 3.63) is 23.3 Å². The molecule has 0 heterocycles. The largest absolute Gasteiger partial charge is 0.481 e. The van der Waals surface area contributed by atoms with Gasteiger partial charge in [0.15, 0.2) is 0 Å². The summed E-state index contributed by atoms with van der Waals surface area (Å²) in [6, 6.07) is 0. The second-order valence-corrected chi connectivity index (χ2v) is 14.8. The van der Waals surface area contributed by atoms with Crippen molar-refractivity contribution in [1.29, 1.82) is 0 Å². The van der Waals surface area contributed by atoms with E-state index in [-0.39, 0.29) is 39.7 Å². The minimum atomic E-state index is -0.780. The number of allylic oxidation sites excluding steroid dienone is 3. The summed E-state index contributed by atoms with van der Waals surface area (Å²) in [5.74, 6) is -1.05. The third-order valence-corrected chi connectivity index (χ3v) is 12.4. The molecule has 0 amide bonds. The maximum atomic E-state index is 12.6. The van der Waals surface area contributed by atoms with Gasteiger partial charge in [-0.2, -0.15) is 0 Å². The van der Waals surface area contributed by atoms with Crippen molar-refractivity contribution in [3.63, 3.8) is 0 Å². The van der Waals surface area contributed by atoms with Crippen LogP contribution in [0.5, 0.6) is 0 Å². The molecule has 0 unspecified atom stereocenters. The number of carbonyl (C=O) groups is 2. The standard InChI is InChI=1S/C33H52O5/c1-19(2)20(3)10-11-22(29(36)37)28-25(35)18-33(9)24-12-13-26-30(5,6)27(38-21(4)34)15-16-31(26,7)23(24)14-17-32(28,33)8/h19,22,25-28,35H,3,10-18H2,1-2,4-9H3,(H,36,37)/t22-,25+,26+,27+,28+,31-,32+,33+/m0/s1. The summed E-state index contributed by atoms with van der Waals surface area (Å²) < 4.78 is 5.82. The van der Waals surface area contributed by atoms with Crippen LogP contribution >= 0.6 is 0 Å². The maximum absolute atomic E-state index is 12.6. The van der Waals surface area contributed by atoms with Gasteiger partial charge in [0.1, 0.15) is 6.10 Å². The van der Waals surface area contributed by atoms with E-state index in [9.17, 15) is 19.8 Å². The highest BCUT2D eigenvalue weighted by molar-refractivity contribution is 5.71.